The molecule has 7 unspecified atom stereocenters. The van der Waals surface area contributed by atoms with Crippen molar-refractivity contribution in [1.82, 2.24) is 0 Å². The molecule has 0 aromatic rings. The summed E-state index contributed by atoms with van der Waals surface area (Å²) in [6.07, 6.45) is 1.96. The van der Waals surface area contributed by atoms with Gasteiger partial charge in [0.15, 0.2) is 24.6 Å². The van der Waals surface area contributed by atoms with Crippen molar-refractivity contribution in [2.24, 2.45) is 45.3 Å². The molecule has 4 aliphatic carbocycles. The maximum atomic E-state index is 15.1. The molecular formula is C46H70O13. The minimum Gasteiger partial charge on any atom is -0.463 e. The summed E-state index contributed by atoms with van der Waals surface area (Å²) in [6.45, 7) is 23.5. The molecule has 0 amide bonds. The summed E-state index contributed by atoms with van der Waals surface area (Å²) in [7, 11) is 0. The Bertz CT molecular complexity index is 1680. The normalized spacial score (nSPS) is 39.5. The van der Waals surface area contributed by atoms with Gasteiger partial charge < -0.3 is 33.2 Å². The minimum atomic E-state index is -1.38. The SMILES string of the molecule is CC(=O)OCC1O[C@@H](O[C@@](C)(CCC=C(C)C)C2CC[C@]3(C)C2C(=O)CC2[C@@]4(C)CC[C@H](OC(C)=O)C(C)(C)C4CC[C@]23C)C(OC(C)=O)C(OC(C)=O)[C@@H]1OC(C)=O. The maximum Gasteiger partial charge on any atom is 0.303 e. The van der Waals surface area contributed by atoms with E-state index in [0.717, 1.165) is 37.7 Å². The number of esters is 5. The molecule has 5 rings (SSSR count). The van der Waals surface area contributed by atoms with Gasteiger partial charge in [-0.1, -0.05) is 46.3 Å². The number of Topliss-reactive ketones (excluding diaryl/α,β-unsaturated/α-hetero) is 1. The molecular weight excluding hydrogens is 760 g/mol. The topological polar surface area (TPSA) is 167 Å². The Morgan fingerprint density at radius 3 is 1.86 bits per heavy atom. The summed E-state index contributed by atoms with van der Waals surface area (Å²) in [6, 6.07) is 0. The van der Waals surface area contributed by atoms with Gasteiger partial charge in [-0.3, -0.25) is 28.8 Å². The average Bonchev–Trinajstić information content (AvgIpc) is 3.48. The number of carbonyl (C=O) groups is 6. The summed E-state index contributed by atoms with van der Waals surface area (Å²) >= 11 is 0. The van der Waals surface area contributed by atoms with Gasteiger partial charge in [0, 0.05) is 52.4 Å². The van der Waals surface area contributed by atoms with E-state index < -0.39 is 60.2 Å². The average molecular weight is 831 g/mol. The molecule has 13 nitrogen and oxygen atoms in total. The molecule has 0 aromatic heterocycles. The van der Waals surface area contributed by atoms with Gasteiger partial charge in [-0.05, 0) is 106 Å². The number of ether oxygens (including phenoxy) is 7. The van der Waals surface area contributed by atoms with Crippen LogP contribution < -0.4 is 0 Å². The molecule has 59 heavy (non-hydrogen) atoms. The lowest BCUT2D eigenvalue weighted by Gasteiger charge is -2.69. The lowest BCUT2D eigenvalue weighted by Crippen LogP contribution is -2.66. The van der Waals surface area contributed by atoms with Gasteiger partial charge in [-0.15, -0.1) is 0 Å². The molecule has 13 heteroatoms. The standard InChI is InChI=1S/C46H70O13/c1-25(2)15-14-19-46(13,59-41-40(57-30(7)51)39(56-29(6)50)38(55-28(5)49)33(58-41)24-53-26(3)47)31-16-21-45(12)37(31)32(52)23-35-43(10)20-18-36(54-27(4)48)42(8,9)34(43)17-22-44(35,45)11/h15,31,33-41H,14,16-24H2,1-13H3/t31?,33?,34?,35?,36-,37?,38+,39?,40?,41-,43-,44+,45+,46-/m0/s1. The molecule has 5 fully saturated rings. The summed E-state index contributed by atoms with van der Waals surface area (Å²) in [5.74, 6) is -3.00. The zero-order valence-corrected chi connectivity index (χ0v) is 37.7. The highest BCUT2D eigenvalue weighted by atomic mass is 16.7. The summed E-state index contributed by atoms with van der Waals surface area (Å²) in [5, 5.41) is 0. The lowest BCUT2D eigenvalue weighted by molar-refractivity contribution is -0.336. The third kappa shape index (κ3) is 8.89. The second-order valence-corrected chi connectivity index (χ2v) is 20.1. The van der Waals surface area contributed by atoms with Crippen molar-refractivity contribution in [2.75, 3.05) is 6.61 Å². The van der Waals surface area contributed by atoms with Gasteiger partial charge in [0.2, 0.25) is 0 Å². The Morgan fingerprint density at radius 1 is 0.712 bits per heavy atom. The Kier molecular flexibility index (Phi) is 13.6. The fourth-order valence-electron chi connectivity index (χ4n) is 13.0. The van der Waals surface area contributed by atoms with Gasteiger partial charge in [0.1, 0.15) is 24.6 Å². The number of hydrogen-bond acceptors (Lipinski definition) is 13. The molecule has 5 aliphatic rings. The number of carbonyl (C=O) groups excluding carboxylic acids is 6. The van der Waals surface area contributed by atoms with Crippen molar-refractivity contribution >= 4 is 35.6 Å². The van der Waals surface area contributed by atoms with Crippen LogP contribution in [0.15, 0.2) is 11.6 Å². The molecule has 0 bridgehead atoms. The second kappa shape index (κ2) is 17.2. The summed E-state index contributed by atoms with van der Waals surface area (Å²) < 4.78 is 42.1. The van der Waals surface area contributed by atoms with Crippen molar-refractivity contribution in [3.8, 4) is 0 Å². The van der Waals surface area contributed by atoms with Crippen LogP contribution in [-0.2, 0) is 61.9 Å². The zero-order chi connectivity index (χ0) is 44.0. The molecule has 0 radical (unpaired) electrons. The van der Waals surface area contributed by atoms with Crippen LogP contribution in [0.3, 0.4) is 0 Å². The number of rotatable bonds is 12. The monoisotopic (exact) mass is 830 g/mol. The van der Waals surface area contributed by atoms with Crippen molar-refractivity contribution in [3.63, 3.8) is 0 Å². The fraction of sp³-hybridized carbons (Fsp3) is 0.826. The fourth-order valence-corrected chi connectivity index (χ4v) is 13.0. The van der Waals surface area contributed by atoms with Crippen molar-refractivity contribution < 1.29 is 61.9 Å². The molecule has 1 aliphatic heterocycles. The highest BCUT2D eigenvalue weighted by Crippen LogP contribution is 2.75. The van der Waals surface area contributed by atoms with E-state index >= 15 is 4.79 Å². The Hall–Kier alpha value is -3.32. The first-order chi connectivity index (χ1) is 27.3. The predicted molar refractivity (Wildman–Crippen MR) is 215 cm³/mol. The summed E-state index contributed by atoms with van der Waals surface area (Å²) in [5.41, 5.74) is -0.845. The Balaban J connectivity index is 1.55. The van der Waals surface area contributed by atoms with Crippen LogP contribution in [0.4, 0.5) is 0 Å². The number of allylic oxidation sites excluding steroid dienone is 2. The highest BCUT2D eigenvalue weighted by molar-refractivity contribution is 5.84. The van der Waals surface area contributed by atoms with Crippen LogP contribution in [0.1, 0.15) is 148 Å². The van der Waals surface area contributed by atoms with Crippen molar-refractivity contribution in [3.05, 3.63) is 11.6 Å². The molecule has 1 heterocycles. The number of fused-ring (bicyclic) bond motifs is 5. The first kappa shape index (κ1) is 46.7. The predicted octanol–water partition coefficient (Wildman–Crippen LogP) is 7.39. The first-order valence-corrected chi connectivity index (χ1v) is 21.6. The van der Waals surface area contributed by atoms with Crippen LogP contribution in [-0.4, -0.2) is 84.6 Å². The lowest BCUT2D eigenvalue weighted by atomic mass is 9.35. The molecule has 332 valence electrons. The van der Waals surface area contributed by atoms with Gasteiger partial charge in [0.05, 0.1) is 5.60 Å². The molecule has 0 aromatic carbocycles. The van der Waals surface area contributed by atoms with Crippen LogP contribution in [0, 0.1) is 45.3 Å². The van der Waals surface area contributed by atoms with Gasteiger partial charge >= 0.3 is 29.8 Å². The van der Waals surface area contributed by atoms with E-state index in [0.29, 0.717) is 25.7 Å². The van der Waals surface area contributed by atoms with E-state index in [1.807, 2.05) is 20.8 Å². The third-order valence-corrected chi connectivity index (χ3v) is 15.7. The van der Waals surface area contributed by atoms with Gasteiger partial charge in [0.25, 0.3) is 0 Å². The summed E-state index contributed by atoms with van der Waals surface area (Å²) in [4.78, 5) is 77.0. The van der Waals surface area contributed by atoms with E-state index in [9.17, 15) is 24.0 Å². The van der Waals surface area contributed by atoms with E-state index in [-0.39, 0.29) is 69.8 Å². The van der Waals surface area contributed by atoms with Gasteiger partial charge in [-0.25, -0.2) is 0 Å². The highest BCUT2D eigenvalue weighted by Gasteiger charge is 2.72. The number of ketones is 1. The second-order valence-electron chi connectivity index (χ2n) is 20.1. The third-order valence-electron chi connectivity index (χ3n) is 15.7. The first-order valence-electron chi connectivity index (χ1n) is 21.6. The molecule has 1 saturated heterocycles. The number of hydrogen-bond donors (Lipinski definition) is 0. The van der Waals surface area contributed by atoms with E-state index in [1.165, 1.54) is 34.6 Å². The van der Waals surface area contributed by atoms with Crippen LogP contribution in [0.2, 0.25) is 0 Å². The van der Waals surface area contributed by atoms with E-state index in [4.69, 9.17) is 33.2 Å². The van der Waals surface area contributed by atoms with Crippen molar-refractivity contribution in [1.29, 1.82) is 0 Å². The Morgan fingerprint density at radius 2 is 1.29 bits per heavy atom. The Labute approximate surface area is 350 Å². The molecule has 0 N–H and O–H groups in total. The largest absolute Gasteiger partial charge is 0.463 e. The smallest absolute Gasteiger partial charge is 0.303 e. The quantitative estimate of drug-likeness (QED) is 0.109. The molecule has 4 saturated carbocycles. The van der Waals surface area contributed by atoms with E-state index in [2.05, 4.69) is 40.7 Å². The maximum absolute atomic E-state index is 15.1. The molecule has 0 spiro atoms. The van der Waals surface area contributed by atoms with Crippen LogP contribution >= 0.6 is 0 Å². The molecule has 14 atom stereocenters. The van der Waals surface area contributed by atoms with Crippen LogP contribution in [0.5, 0.6) is 0 Å². The van der Waals surface area contributed by atoms with E-state index in [1.54, 1.807) is 0 Å². The minimum absolute atomic E-state index is 0.132. The van der Waals surface area contributed by atoms with Crippen molar-refractivity contribution in [2.45, 2.75) is 190 Å². The zero-order valence-electron chi connectivity index (χ0n) is 37.7. The van der Waals surface area contributed by atoms with Crippen LogP contribution in [0.25, 0.3) is 0 Å². The van der Waals surface area contributed by atoms with Gasteiger partial charge in [-0.2, -0.15) is 0 Å².